The molecule has 0 aromatic heterocycles. The Hall–Kier alpha value is -3.34. The fourth-order valence-electron chi connectivity index (χ4n) is 2.74. The van der Waals surface area contributed by atoms with Gasteiger partial charge in [-0.3, -0.25) is 10.2 Å². The van der Waals surface area contributed by atoms with Crippen molar-refractivity contribution in [3.63, 3.8) is 0 Å². The topological polar surface area (TPSA) is 176 Å². The molecule has 12 heteroatoms. The maximum Gasteiger partial charge on any atom is 0.407 e. The molecular weight excluding hydrogens is 442 g/mol. The van der Waals surface area contributed by atoms with Gasteiger partial charge in [0.15, 0.2) is 0 Å². The monoisotopic (exact) mass is 469 g/mol. The van der Waals surface area contributed by atoms with Crippen LogP contribution in [0.15, 0.2) is 29.4 Å². The highest BCUT2D eigenvalue weighted by Gasteiger charge is 2.26. The summed E-state index contributed by atoms with van der Waals surface area (Å²) in [6.45, 7) is 1.84. The van der Waals surface area contributed by atoms with Crippen LogP contribution in [0.1, 0.15) is 43.7 Å². The summed E-state index contributed by atoms with van der Waals surface area (Å²) in [7, 11) is 0. The Morgan fingerprint density at radius 3 is 2.62 bits per heavy atom. The van der Waals surface area contributed by atoms with Gasteiger partial charge in [-0.15, -0.1) is 12.4 Å². The predicted octanol–water partition coefficient (Wildman–Crippen LogP) is 1.37. The number of amidine groups is 1. The summed E-state index contributed by atoms with van der Waals surface area (Å²) in [4.78, 5) is 40.4. The fourth-order valence-corrected chi connectivity index (χ4v) is 2.74. The van der Waals surface area contributed by atoms with E-state index in [0.717, 1.165) is 12.0 Å². The molecule has 0 radical (unpaired) electrons. The minimum Gasteiger partial charge on any atom is -0.480 e. The van der Waals surface area contributed by atoms with Crippen LogP contribution >= 0.6 is 12.4 Å². The molecule has 176 valence electrons. The van der Waals surface area contributed by atoms with Gasteiger partial charge in [-0.1, -0.05) is 42.8 Å². The second-order valence-electron chi connectivity index (χ2n) is 6.99. The molecule has 0 aliphatic carbocycles. The standard InChI is InChI=1S/C20H27N5O6.ClH/c1-2-3-8-30-20(29)24-16(19(27)28)11-23-17(26)10-14-9-15(25-31-14)12-4-6-13(7-5-12)18(21)22;/h4-7,14,16H,2-3,8-11H2,1H3,(H3,21,22)(H,23,26)(H,24,29)(H,27,28);1H/t14-,16-;/m1./s1. The van der Waals surface area contributed by atoms with E-state index in [9.17, 15) is 19.5 Å². The molecule has 0 unspecified atom stereocenters. The van der Waals surface area contributed by atoms with Gasteiger partial charge in [0, 0.05) is 18.5 Å². The third-order valence-corrected chi connectivity index (χ3v) is 4.50. The van der Waals surface area contributed by atoms with E-state index in [1.165, 1.54) is 0 Å². The van der Waals surface area contributed by atoms with Crippen LogP contribution in [0.25, 0.3) is 0 Å². The van der Waals surface area contributed by atoms with Crippen LogP contribution in [0.3, 0.4) is 0 Å². The Morgan fingerprint density at radius 2 is 2.03 bits per heavy atom. The Bertz CT molecular complexity index is 845. The number of carboxylic acids is 1. The summed E-state index contributed by atoms with van der Waals surface area (Å²) in [5, 5.41) is 25.3. The maximum absolute atomic E-state index is 12.2. The molecule has 0 saturated heterocycles. The Morgan fingerprint density at radius 1 is 1.34 bits per heavy atom. The van der Waals surface area contributed by atoms with Gasteiger partial charge in [-0.05, 0) is 12.0 Å². The quantitative estimate of drug-likeness (QED) is 0.184. The number of nitrogens with one attached hydrogen (secondary N) is 3. The number of aliphatic carboxylic acids is 1. The van der Waals surface area contributed by atoms with Crippen LogP contribution in [0.5, 0.6) is 0 Å². The van der Waals surface area contributed by atoms with Crippen molar-refractivity contribution in [3.05, 3.63) is 35.4 Å². The second-order valence-corrected chi connectivity index (χ2v) is 6.99. The molecule has 2 amide bonds. The summed E-state index contributed by atoms with van der Waals surface area (Å²) < 4.78 is 4.87. The van der Waals surface area contributed by atoms with Crippen LogP contribution in [0.4, 0.5) is 4.79 Å². The van der Waals surface area contributed by atoms with Gasteiger partial charge in [0.25, 0.3) is 0 Å². The third kappa shape index (κ3) is 8.42. The number of nitrogens with zero attached hydrogens (tertiary/aromatic N) is 1. The minimum absolute atomic E-state index is 0. The van der Waals surface area contributed by atoms with Crippen LogP contribution in [-0.2, 0) is 19.2 Å². The Balaban J connectivity index is 0.00000512. The highest BCUT2D eigenvalue weighted by Crippen LogP contribution is 2.19. The summed E-state index contributed by atoms with van der Waals surface area (Å²) in [5.41, 5.74) is 7.48. The van der Waals surface area contributed by atoms with E-state index >= 15 is 0 Å². The number of amides is 2. The SMILES string of the molecule is CCCCOC(=O)N[C@H](CNC(=O)C[C@H]1CC(c2ccc(C(=N)N)cc2)=NO1)C(=O)O.Cl. The van der Waals surface area contributed by atoms with Crippen molar-refractivity contribution in [2.45, 2.75) is 44.8 Å². The number of oxime groups is 1. The van der Waals surface area contributed by atoms with Gasteiger partial charge in [-0.2, -0.15) is 0 Å². The largest absolute Gasteiger partial charge is 0.480 e. The van der Waals surface area contributed by atoms with Crippen LogP contribution in [0.2, 0.25) is 0 Å². The number of carbonyl (C=O) groups excluding carboxylic acids is 2. The lowest BCUT2D eigenvalue weighted by Crippen LogP contribution is -2.48. The van der Waals surface area contributed by atoms with E-state index in [4.69, 9.17) is 20.7 Å². The molecule has 1 aromatic carbocycles. The molecule has 0 spiro atoms. The second kappa shape index (κ2) is 13.2. The first-order valence-corrected chi connectivity index (χ1v) is 9.90. The number of unbranched alkanes of at least 4 members (excludes halogenated alkanes) is 1. The first-order valence-electron chi connectivity index (χ1n) is 9.90. The average molecular weight is 470 g/mol. The lowest BCUT2D eigenvalue weighted by Gasteiger charge is -2.16. The summed E-state index contributed by atoms with van der Waals surface area (Å²) >= 11 is 0. The van der Waals surface area contributed by atoms with Gasteiger partial charge >= 0.3 is 12.1 Å². The number of nitrogens with two attached hydrogens (primary N) is 1. The van der Waals surface area contributed by atoms with E-state index in [-0.39, 0.29) is 37.8 Å². The maximum atomic E-state index is 12.2. The number of hydrogen-bond donors (Lipinski definition) is 5. The zero-order chi connectivity index (χ0) is 22.8. The van der Waals surface area contributed by atoms with Crippen LogP contribution < -0.4 is 16.4 Å². The van der Waals surface area contributed by atoms with Crippen molar-refractivity contribution >= 4 is 41.9 Å². The predicted molar refractivity (Wildman–Crippen MR) is 119 cm³/mol. The third-order valence-electron chi connectivity index (χ3n) is 4.50. The number of hydrogen-bond acceptors (Lipinski definition) is 7. The number of halogens is 1. The number of rotatable bonds is 11. The van der Waals surface area contributed by atoms with Crippen LogP contribution in [0, 0.1) is 5.41 Å². The first-order chi connectivity index (χ1) is 14.8. The molecular formula is C20H28ClN5O6. The van der Waals surface area contributed by atoms with Crippen molar-refractivity contribution in [2.75, 3.05) is 13.2 Å². The molecule has 32 heavy (non-hydrogen) atoms. The van der Waals surface area contributed by atoms with E-state index in [1.54, 1.807) is 24.3 Å². The minimum atomic E-state index is -1.31. The highest BCUT2D eigenvalue weighted by molar-refractivity contribution is 6.02. The zero-order valence-electron chi connectivity index (χ0n) is 17.6. The molecule has 0 bridgehead atoms. The van der Waals surface area contributed by atoms with E-state index in [2.05, 4.69) is 15.8 Å². The summed E-state index contributed by atoms with van der Waals surface area (Å²) in [6, 6.07) is 5.63. The molecule has 1 aliphatic heterocycles. The van der Waals surface area contributed by atoms with Crippen molar-refractivity contribution < 1.29 is 29.1 Å². The molecule has 11 nitrogen and oxygen atoms in total. The molecule has 2 atom stereocenters. The van der Waals surface area contributed by atoms with Crippen molar-refractivity contribution in [2.24, 2.45) is 10.9 Å². The van der Waals surface area contributed by atoms with Crippen LogP contribution in [-0.4, -0.2) is 59.9 Å². The molecule has 1 heterocycles. The lowest BCUT2D eigenvalue weighted by molar-refractivity contribution is -0.139. The zero-order valence-corrected chi connectivity index (χ0v) is 18.4. The molecule has 0 saturated carbocycles. The lowest BCUT2D eigenvalue weighted by atomic mass is 10.0. The number of carbonyl (C=O) groups is 3. The molecule has 6 N–H and O–H groups in total. The van der Waals surface area contributed by atoms with Gasteiger partial charge in [0.2, 0.25) is 5.91 Å². The van der Waals surface area contributed by atoms with Gasteiger partial charge in [0.1, 0.15) is 18.0 Å². The number of nitrogen functional groups attached to an aromatic ring is 1. The molecule has 1 aliphatic rings. The summed E-state index contributed by atoms with van der Waals surface area (Å²) in [6.07, 6.45) is 0.558. The summed E-state index contributed by atoms with van der Waals surface area (Å²) in [5.74, 6) is -1.75. The van der Waals surface area contributed by atoms with E-state index in [0.29, 0.717) is 24.1 Å². The first kappa shape index (κ1) is 26.7. The normalized spacial score (nSPS) is 15.4. The number of alkyl carbamates (subject to hydrolysis) is 1. The van der Waals surface area contributed by atoms with Crippen molar-refractivity contribution in [1.29, 1.82) is 5.41 Å². The Kier molecular flexibility index (Phi) is 11.0. The number of benzene rings is 1. The average Bonchev–Trinajstić information content (AvgIpc) is 3.19. The fraction of sp³-hybridized carbons (Fsp3) is 0.450. The van der Waals surface area contributed by atoms with Gasteiger partial charge in [0.05, 0.1) is 18.7 Å². The Labute approximate surface area is 191 Å². The number of ether oxygens (including phenoxy) is 1. The van der Waals surface area contributed by atoms with Gasteiger partial charge < -0.3 is 31.0 Å². The van der Waals surface area contributed by atoms with Crippen molar-refractivity contribution in [3.8, 4) is 0 Å². The molecule has 0 fully saturated rings. The van der Waals surface area contributed by atoms with E-state index in [1.807, 2.05) is 6.92 Å². The number of carboxylic acid groups (broad SMARTS) is 1. The highest BCUT2D eigenvalue weighted by atomic mass is 35.5. The van der Waals surface area contributed by atoms with E-state index < -0.39 is 30.1 Å². The molecule has 2 rings (SSSR count). The van der Waals surface area contributed by atoms with Gasteiger partial charge in [-0.25, -0.2) is 9.59 Å². The smallest absolute Gasteiger partial charge is 0.407 e. The molecule has 1 aromatic rings. The van der Waals surface area contributed by atoms with Crippen molar-refractivity contribution in [1.82, 2.24) is 10.6 Å².